The van der Waals surface area contributed by atoms with Crippen molar-refractivity contribution in [3.63, 3.8) is 0 Å². The lowest BCUT2D eigenvalue weighted by molar-refractivity contribution is 0.597. The first-order chi connectivity index (χ1) is 9.41. The number of halogens is 1. The first-order valence-corrected chi connectivity index (χ1v) is 10.9. The van der Waals surface area contributed by atoms with Gasteiger partial charge in [0.25, 0.3) is 0 Å². The van der Waals surface area contributed by atoms with E-state index in [0.29, 0.717) is 0 Å². The van der Waals surface area contributed by atoms with Gasteiger partial charge in [0, 0.05) is 0 Å². The fourth-order valence-electron chi connectivity index (χ4n) is 2.64. The van der Waals surface area contributed by atoms with Crippen LogP contribution >= 0.6 is 24.0 Å². The summed E-state index contributed by atoms with van der Waals surface area (Å²) >= 11 is 0.790. The van der Waals surface area contributed by atoms with Gasteiger partial charge < -0.3 is 0 Å². The molecule has 0 aromatic rings. The molecule has 0 aliphatic heterocycles. The standard InChI is InChI=1S/2C9H19.Al.HI/c2*1-3-5-7-9-8-6-4-2;;/h2*1,3-9H2,2H3;;1H. The van der Waals surface area contributed by atoms with E-state index >= 15 is 0 Å². The Morgan fingerprint density at radius 1 is 0.450 bits per heavy atom. The van der Waals surface area contributed by atoms with Crippen LogP contribution in [0.25, 0.3) is 0 Å². The van der Waals surface area contributed by atoms with E-state index in [1.54, 1.807) is 10.6 Å². The van der Waals surface area contributed by atoms with E-state index in [0.717, 1.165) is 15.2 Å². The predicted molar refractivity (Wildman–Crippen MR) is 107 cm³/mol. The number of unbranched alkanes of at least 4 members (excludes halogenated alkanes) is 12. The Morgan fingerprint density at radius 2 is 0.750 bits per heavy atom. The van der Waals surface area contributed by atoms with Crippen molar-refractivity contribution in [3.05, 3.63) is 0 Å². The Bertz CT molecular complexity index is 134. The molecule has 0 atom stereocenters. The molecule has 0 nitrogen and oxygen atoms in total. The zero-order chi connectivity index (χ0) is 14.0. The van der Waals surface area contributed by atoms with E-state index in [4.69, 9.17) is 0 Å². The van der Waals surface area contributed by atoms with Crippen molar-refractivity contribution >= 4 is 39.2 Å². The molecule has 20 heavy (non-hydrogen) atoms. The van der Waals surface area contributed by atoms with Crippen LogP contribution in [-0.4, -0.2) is 15.2 Å². The lowest BCUT2D eigenvalue weighted by Crippen LogP contribution is -1.90. The molecule has 0 unspecified atom stereocenters. The van der Waals surface area contributed by atoms with E-state index in [9.17, 15) is 0 Å². The summed E-state index contributed by atoms with van der Waals surface area (Å²) in [7, 11) is 0. The Hall–Kier alpha value is 1.26. The molecule has 0 aromatic carbocycles. The lowest BCUT2D eigenvalue weighted by Gasteiger charge is -2.02. The first-order valence-electron chi connectivity index (χ1n) is 9.23. The molecule has 0 fully saturated rings. The molecule has 2 heteroatoms. The van der Waals surface area contributed by atoms with Gasteiger partial charge in [-0.15, -0.1) is 34.5 Å². The molecule has 0 aliphatic carbocycles. The molecule has 0 aliphatic rings. The van der Waals surface area contributed by atoms with Crippen LogP contribution in [-0.2, 0) is 0 Å². The van der Waals surface area contributed by atoms with Crippen LogP contribution in [0.5, 0.6) is 0 Å². The second-order valence-corrected chi connectivity index (χ2v) is 7.84. The monoisotopic (exact) mass is 409 g/mol. The van der Waals surface area contributed by atoms with Gasteiger partial charge in [-0.1, -0.05) is 104 Å². The van der Waals surface area contributed by atoms with E-state index < -0.39 is 0 Å². The van der Waals surface area contributed by atoms with Crippen molar-refractivity contribution in [2.45, 2.75) is 114 Å². The Labute approximate surface area is 153 Å². The number of rotatable bonds is 16. The van der Waals surface area contributed by atoms with Crippen LogP contribution in [0.1, 0.15) is 104 Å². The molecule has 0 heterocycles. The topological polar surface area (TPSA) is 0 Å². The molecular weight excluding hydrogens is 370 g/mol. The highest BCUT2D eigenvalue weighted by molar-refractivity contribution is 14.0. The minimum atomic E-state index is 0. The molecule has 0 saturated carbocycles. The van der Waals surface area contributed by atoms with Crippen molar-refractivity contribution in [3.8, 4) is 0 Å². The molecule has 0 N–H and O–H groups in total. The SMILES string of the molecule is CCCCCCCC[CH2][Al][CH2]CCCCCCCC.I. The highest BCUT2D eigenvalue weighted by atomic mass is 127. The molecule has 121 valence electrons. The zero-order valence-corrected chi connectivity index (χ0v) is 17.8. The third-order valence-corrected chi connectivity index (χ3v) is 5.66. The summed E-state index contributed by atoms with van der Waals surface area (Å²) < 4.78 is 0. The van der Waals surface area contributed by atoms with Gasteiger partial charge in [-0.05, 0) is 0 Å². The summed E-state index contributed by atoms with van der Waals surface area (Å²) in [5, 5.41) is 3.15. The van der Waals surface area contributed by atoms with Crippen LogP contribution in [0.3, 0.4) is 0 Å². The van der Waals surface area contributed by atoms with Gasteiger partial charge in [0.2, 0.25) is 0 Å². The van der Waals surface area contributed by atoms with Crippen molar-refractivity contribution in [1.29, 1.82) is 0 Å². The zero-order valence-electron chi connectivity index (χ0n) is 14.3. The van der Waals surface area contributed by atoms with Gasteiger partial charge in [0.05, 0.1) is 0 Å². The average molecular weight is 409 g/mol. The van der Waals surface area contributed by atoms with E-state index in [1.807, 2.05) is 0 Å². The summed E-state index contributed by atoms with van der Waals surface area (Å²) in [4.78, 5) is 0. The van der Waals surface area contributed by atoms with Crippen LogP contribution < -0.4 is 0 Å². The van der Waals surface area contributed by atoms with E-state index in [2.05, 4.69) is 13.8 Å². The number of hydrogen-bond donors (Lipinski definition) is 0. The maximum Gasteiger partial charge on any atom is 0.199 e. The second kappa shape index (κ2) is 22.5. The fraction of sp³-hybridized carbons (Fsp3) is 1.00. The predicted octanol–water partition coefficient (Wildman–Crippen LogP) is 7.65. The highest BCUT2D eigenvalue weighted by Gasteiger charge is 1.95. The third kappa shape index (κ3) is 21.6. The molecule has 0 saturated heterocycles. The quantitative estimate of drug-likeness (QED) is 0.140. The lowest BCUT2D eigenvalue weighted by atomic mass is 10.1. The normalized spacial score (nSPS) is 10.3. The molecule has 0 amide bonds. The molecule has 0 bridgehead atoms. The largest absolute Gasteiger partial charge is 0.199 e. The van der Waals surface area contributed by atoms with Gasteiger partial charge in [0.15, 0.2) is 15.2 Å². The van der Waals surface area contributed by atoms with Gasteiger partial charge in [-0.3, -0.25) is 0 Å². The minimum absolute atomic E-state index is 0. The maximum absolute atomic E-state index is 2.30. The molecule has 1 radical (unpaired) electrons. The summed E-state index contributed by atoms with van der Waals surface area (Å²) in [6.45, 7) is 4.60. The van der Waals surface area contributed by atoms with Crippen LogP contribution in [0.15, 0.2) is 0 Å². The third-order valence-electron chi connectivity index (χ3n) is 4.02. The Morgan fingerprint density at radius 3 is 1.10 bits per heavy atom. The average Bonchev–Trinajstić information content (AvgIpc) is 2.43. The summed E-state index contributed by atoms with van der Waals surface area (Å²) in [5.41, 5.74) is 0. The maximum atomic E-state index is 2.30. The second-order valence-electron chi connectivity index (χ2n) is 6.11. The molecule has 0 aromatic heterocycles. The van der Waals surface area contributed by atoms with Crippen LogP contribution in [0.2, 0.25) is 10.6 Å². The van der Waals surface area contributed by atoms with E-state index in [1.165, 1.54) is 89.9 Å². The van der Waals surface area contributed by atoms with Crippen molar-refractivity contribution < 1.29 is 0 Å². The fourth-order valence-corrected chi connectivity index (χ4v) is 4.08. The minimum Gasteiger partial charge on any atom is -0.107 e. The van der Waals surface area contributed by atoms with Gasteiger partial charge in [-0.2, -0.15) is 0 Å². The van der Waals surface area contributed by atoms with Crippen LogP contribution in [0.4, 0.5) is 0 Å². The molecule has 0 rings (SSSR count). The van der Waals surface area contributed by atoms with Gasteiger partial charge in [-0.25, -0.2) is 0 Å². The van der Waals surface area contributed by atoms with E-state index in [-0.39, 0.29) is 24.0 Å². The highest BCUT2D eigenvalue weighted by Crippen LogP contribution is 2.11. The number of hydrogen-bond acceptors (Lipinski definition) is 0. The summed E-state index contributed by atoms with van der Waals surface area (Å²) in [6.07, 6.45) is 20.6. The smallest absolute Gasteiger partial charge is 0.107 e. The van der Waals surface area contributed by atoms with Crippen LogP contribution in [0, 0.1) is 0 Å². The first kappa shape index (κ1) is 23.5. The molecule has 0 spiro atoms. The summed E-state index contributed by atoms with van der Waals surface area (Å²) in [6, 6.07) is 0. The van der Waals surface area contributed by atoms with Gasteiger partial charge in [0.1, 0.15) is 0 Å². The van der Waals surface area contributed by atoms with Crippen molar-refractivity contribution in [1.82, 2.24) is 0 Å². The molecular formula is C18H39AlI. The van der Waals surface area contributed by atoms with Crippen molar-refractivity contribution in [2.24, 2.45) is 0 Å². The van der Waals surface area contributed by atoms with Crippen molar-refractivity contribution in [2.75, 3.05) is 0 Å². The van der Waals surface area contributed by atoms with Gasteiger partial charge >= 0.3 is 0 Å². The Balaban J connectivity index is 0. The Kier molecular flexibility index (Phi) is 26.5. The summed E-state index contributed by atoms with van der Waals surface area (Å²) in [5.74, 6) is 0.